The van der Waals surface area contributed by atoms with Crippen LogP contribution < -0.4 is 49.9 Å². The number of ether oxygens (including phenoxy) is 1. The van der Waals surface area contributed by atoms with Gasteiger partial charge in [0.2, 0.25) is 11.8 Å². The van der Waals surface area contributed by atoms with Gasteiger partial charge in [0, 0.05) is 30.7 Å². The van der Waals surface area contributed by atoms with E-state index < -0.39 is 84.6 Å². The number of aliphatic hydroxyl groups excluding tert-OH is 2. The maximum atomic E-state index is 12.5. The van der Waals surface area contributed by atoms with Crippen LogP contribution in [0.5, 0.6) is 0 Å². The monoisotopic (exact) mass is 855 g/mol. The zero-order valence-corrected chi connectivity index (χ0v) is 33.1. The molecule has 25 nitrogen and oxygen atoms in total. The van der Waals surface area contributed by atoms with Crippen molar-refractivity contribution in [3.05, 3.63) is 12.7 Å². The Bertz CT molecular complexity index is 1830. The number of imidazole rings is 1. The molecule has 0 aliphatic carbocycles. The van der Waals surface area contributed by atoms with Crippen molar-refractivity contribution in [2.24, 2.45) is 5.41 Å². The molecular weight excluding hydrogens is 818 g/mol. The third-order valence-corrected chi connectivity index (χ3v) is 11.0. The first-order valence-corrected chi connectivity index (χ1v) is 20.8. The molecule has 7 N–H and O–H groups in total. The third kappa shape index (κ3) is 15.3. The number of ketones is 1. The van der Waals surface area contributed by atoms with Crippen molar-refractivity contribution in [3.8, 4) is 0 Å². The SMILES string of the molecule is CC(=O)CC(=O)SCCNC(=O)CCNC(=O)C(O)C(C)(C)COP(=O)([O-])OP(=O)([O-])OCC1OC(n2cnc3c(N)ncnc32)C(O)C1OP(=O)([O-])O.[Li+]. The van der Waals surface area contributed by atoms with Gasteiger partial charge in [0.1, 0.15) is 42.0 Å². The molecule has 2 aromatic rings. The number of nitrogen functional groups attached to an aromatic ring is 1. The molecule has 304 valence electrons. The van der Waals surface area contributed by atoms with Gasteiger partial charge in [0.15, 0.2) is 22.8 Å². The van der Waals surface area contributed by atoms with Gasteiger partial charge in [-0.2, -0.15) is 0 Å². The van der Waals surface area contributed by atoms with E-state index in [-0.39, 0.29) is 78.4 Å². The van der Waals surface area contributed by atoms with E-state index in [0.29, 0.717) is 0 Å². The fourth-order valence-electron chi connectivity index (χ4n) is 4.53. The van der Waals surface area contributed by atoms with Crippen molar-refractivity contribution in [2.45, 2.75) is 64.3 Å². The van der Waals surface area contributed by atoms with Gasteiger partial charge < -0.3 is 64.5 Å². The number of fused-ring (bicyclic) bond motifs is 1. The Hall–Kier alpha value is -2.17. The summed E-state index contributed by atoms with van der Waals surface area (Å²) in [6.45, 7) is 1.22. The van der Waals surface area contributed by atoms with Gasteiger partial charge in [0.25, 0.3) is 23.5 Å². The smallest absolute Gasteiger partial charge is 0.756 e. The number of carbonyl (C=O) groups is 4. The maximum Gasteiger partial charge on any atom is 1.00 e. The van der Waals surface area contributed by atoms with E-state index >= 15 is 0 Å². The molecule has 3 rings (SSSR count). The summed E-state index contributed by atoms with van der Waals surface area (Å²) in [5, 5.41) is 25.7. The number of nitrogens with two attached hydrogens (primary N) is 1. The van der Waals surface area contributed by atoms with Gasteiger partial charge in [0.05, 0.1) is 26.0 Å². The number of hydrogen-bond donors (Lipinski definition) is 6. The molecule has 0 bridgehead atoms. The first kappa shape index (κ1) is 49.0. The molecule has 2 amide bonds. The minimum Gasteiger partial charge on any atom is -0.756 e. The van der Waals surface area contributed by atoms with Gasteiger partial charge in [-0.25, -0.2) is 19.3 Å². The molecule has 0 saturated carbocycles. The quantitative estimate of drug-likeness (QED) is 0.0294. The van der Waals surface area contributed by atoms with Gasteiger partial charge in [-0.1, -0.05) is 25.6 Å². The topological polar surface area (TPSA) is 389 Å². The normalized spacial score (nSPS) is 22.4. The molecule has 0 spiro atoms. The average Bonchev–Trinajstić information content (AvgIpc) is 3.60. The summed E-state index contributed by atoms with van der Waals surface area (Å²) in [6, 6.07) is 0. The summed E-state index contributed by atoms with van der Waals surface area (Å²) in [4.78, 5) is 104. The fraction of sp³-hybridized carbons (Fsp3) is 0.640. The molecule has 1 saturated heterocycles. The molecule has 1 aliphatic heterocycles. The van der Waals surface area contributed by atoms with Crippen LogP contribution in [-0.4, -0.2) is 114 Å². The van der Waals surface area contributed by atoms with E-state index in [0.717, 1.165) is 29.0 Å². The Morgan fingerprint density at radius 2 is 1.75 bits per heavy atom. The zero-order valence-electron chi connectivity index (χ0n) is 29.6. The summed E-state index contributed by atoms with van der Waals surface area (Å²) in [7, 11) is -17.3. The van der Waals surface area contributed by atoms with Gasteiger partial charge in [-0.3, -0.25) is 37.4 Å². The van der Waals surface area contributed by atoms with E-state index in [2.05, 4.69) is 43.5 Å². The van der Waals surface area contributed by atoms with Crippen molar-refractivity contribution in [1.29, 1.82) is 0 Å². The van der Waals surface area contributed by atoms with E-state index in [4.69, 9.17) is 10.5 Å². The van der Waals surface area contributed by atoms with Gasteiger partial charge in [-0.05, 0) is 6.92 Å². The molecular formula is C25H37LiN7O18P3S-2. The Morgan fingerprint density at radius 3 is 2.38 bits per heavy atom. The minimum atomic E-state index is -5.90. The van der Waals surface area contributed by atoms with E-state index in [1.807, 2.05) is 0 Å². The fourth-order valence-corrected chi connectivity index (χ4v) is 8.01. The zero-order chi connectivity index (χ0) is 40.6. The predicted molar refractivity (Wildman–Crippen MR) is 176 cm³/mol. The summed E-state index contributed by atoms with van der Waals surface area (Å²) < 4.78 is 60.6. The average molecular weight is 856 g/mol. The first-order valence-electron chi connectivity index (χ1n) is 15.4. The largest absolute Gasteiger partial charge is 1.00 e. The summed E-state index contributed by atoms with van der Waals surface area (Å²) in [6.07, 6.45) is -7.72. The molecule has 0 radical (unpaired) electrons. The summed E-state index contributed by atoms with van der Waals surface area (Å²) >= 11 is 0.868. The van der Waals surface area contributed by atoms with Gasteiger partial charge >= 0.3 is 18.9 Å². The molecule has 3 heterocycles. The molecule has 2 aromatic heterocycles. The third-order valence-electron chi connectivity index (χ3n) is 7.14. The standard InChI is InChI=1S/C25H40N7O18P3S.Li/c1-13(33)8-16(35)54-7-6-27-15(34)4-5-28-23(38)20(37)25(2,3)10-47-53(44,45)50-52(42,43)46-9-14-19(49-51(39,40)41)18(36)24(48-14)32-12-31-17-21(26)29-11-30-22(17)32;/h11-12,14,18-20,24,36-37H,4-10H2,1-3H3,(H,27,34)(H,28,38)(H,42,43)(H,44,45)(H2,26,29,30)(H2,39,40,41);/q;+1/p-3. The molecule has 8 unspecified atom stereocenters. The maximum absolute atomic E-state index is 12.5. The van der Waals surface area contributed by atoms with Crippen molar-refractivity contribution in [1.82, 2.24) is 30.2 Å². The van der Waals surface area contributed by atoms with Crippen LogP contribution >= 0.6 is 35.2 Å². The van der Waals surface area contributed by atoms with Crippen LogP contribution in [0.15, 0.2) is 12.7 Å². The van der Waals surface area contributed by atoms with Crippen LogP contribution in [0.2, 0.25) is 0 Å². The van der Waals surface area contributed by atoms with E-state index in [1.165, 1.54) is 20.8 Å². The predicted octanol–water partition coefficient (Wildman–Crippen LogP) is -6.25. The van der Waals surface area contributed by atoms with Crippen LogP contribution in [0, 0.1) is 5.41 Å². The number of nitrogens with zero attached hydrogens (tertiary/aromatic N) is 4. The number of phosphoric ester groups is 3. The number of anilines is 1. The number of Topliss-reactive ketones (excluding diaryl/α,β-unsaturated/α-hetero) is 1. The number of hydrogen-bond acceptors (Lipinski definition) is 22. The number of amides is 2. The minimum absolute atomic E-state index is 0. The van der Waals surface area contributed by atoms with Crippen molar-refractivity contribution >= 4 is 74.9 Å². The second kappa shape index (κ2) is 20.5. The van der Waals surface area contributed by atoms with E-state index in [1.54, 1.807) is 0 Å². The van der Waals surface area contributed by atoms with Crippen LogP contribution in [0.3, 0.4) is 0 Å². The Kier molecular flexibility index (Phi) is 18.2. The molecule has 8 atom stereocenters. The number of carbonyl (C=O) groups excluding carboxylic acids is 4. The molecule has 0 aromatic carbocycles. The van der Waals surface area contributed by atoms with Crippen molar-refractivity contribution < 1.29 is 104 Å². The molecule has 1 aliphatic rings. The second-order valence-corrected chi connectivity index (χ2v) is 17.4. The number of aliphatic hydroxyl groups is 2. The number of thioether (sulfide) groups is 1. The van der Waals surface area contributed by atoms with Crippen molar-refractivity contribution in [2.75, 3.05) is 37.8 Å². The Morgan fingerprint density at radius 1 is 1.09 bits per heavy atom. The summed E-state index contributed by atoms with van der Waals surface area (Å²) in [5.74, 6) is -1.70. The Balaban J connectivity index is 0.0000105. The van der Waals surface area contributed by atoms with Crippen molar-refractivity contribution in [3.63, 3.8) is 0 Å². The van der Waals surface area contributed by atoms with Crippen LogP contribution in [-0.2, 0) is 55.5 Å². The number of nitrogens with one attached hydrogen (secondary N) is 2. The molecule has 1 fully saturated rings. The van der Waals surface area contributed by atoms with Crippen LogP contribution in [0.1, 0.15) is 39.8 Å². The number of aromatic nitrogens is 4. The van der Waals surface area contributed by atoms with Crippen LogP contribution in [0.25, 0.3) is 11.2 Å². The van der Waals surface area contributed by atoms with Gasteiger partial charge in [-0.15, -0.1) is 0 Å². The van der Waals surface area contributed by atoms with E-state index in [9.17, 15) is 62.7 Å². The number of phosphoric acid groups is 3. The molecule has 30 heteroatoms. The first-order chi connectivity index (χ1) is 24.9. The summed E-state index contributed by atoms with van der Waals surface area (Å²) in [5.41, 5.74) is 4.07. The number of rotatable bonds is 21. The second-order valence-electron chi connectivity index (χ2n) is 12.1. The molecule has 55 heavy (non-hydrogen) atoms. The Labute approximate surface area is 328 Å². The van der Waals surface area contributed by atoms with Crippen LogP contribution in [0.4, 0.5) is 5.82 Å².